The number of thiophene rings is 1. The Morgan fingerprint density at radius 3 is 2.71 bits per heavy atom. The molecule has 2 aromatic heterocycles. The predicted molar refractivity (Wildman–Crippen MR) is 81.8 cm³/mol. The summed E-state index contributed by atoms with van der Waals surface area (Å²) in [7, 11) is 0. The molecule has 104 valence electrons. The number of aromatic nitrogens is 2. The Balaban J connectivity index is 1.67. The molecule has 1 aromatic carbocycles. The smallest absolute Gasteiger partial charge is 0.183 e. The number of Topliss-reactive ketones (excluding diaryl/α,β-unsaturated/α-hetero) is 2. The van der Waals surface area contributed by atoms with Gasteiger partial charge in [0.15, 0.2) is 11.6 Å². The summed E-state index contributed by atoms with van der Waals surface area (Å²) < 4.78 is 1.15. The minimum absolute atomic E-state index is 0.0275. The molecule has 2 heterocycles. The second-order valence-electron chi connectivity index (χ2n) is 4.63. The van der Waals surface area contributed by atoms with E-state index in [0.717, 1.165) is 10.1 Å². The van der Waals surface area contributed by atoms with Crippen molar-refractivity contribution in [1.29, 1.82) is 0 Å². The number of carbonyl (C=O) groups is 2. The van der Waals surface area contributed by atoms with Gasteiger partial charge in [-0.05, 0) is 47.2 Å². The molecule has 0 saturated heterocycles. The zero-order chi connectivity index (χ0) is 14.7. The molecule has 0 fully saturated rings. The minimum Gasteiger partial charge on any atom is -0.294 e. The molecule has 21 heavy (non-hydrogen) atoms. The van der Waals surface area contributed by atoms with Gasteiger partial charge >= 0.3 is 0 Å². The van der Waals surface area contributed by atoms with E-state index in [1.54, 1.807) is 23.5 Å². The molecule has 4 nitrogen and oxygen atoms in total. The van der Waals surface area contributed by atoms with Crippen molar-refractivity contribution < 1.29 is 9.59 Å². The number of ketones is 2. The van der Waals surface area contributed by atoms with Gasteiger partial charge in [0.2, 0.25) is 0 Å². The van der Waals surface area contributed by atoms with E-state index in [1.807, 2.05) is 29.6 Å². The third-order valence-electron chi connectivity index (χ3n) is 3.21. The average Bonchev–Trinajstić information content (AvgIpc) is 3.00. The highest BCUT2D eigenvalue weighted by Gasteiger charge is 2.12. The molecular formula is C16H12N2O2S. The van der Waals surface area contributed by atoms with Gasteiger partial charge in [0.05, 0.1) is 0 Å². The first kappa shape index (κ1) is 13.6. The summed E-state index contributed by atoms with van der Waals surface area (Å²) in [6.45, 7) is 0. The number of nitrogens with zero attached hydrogens (tertiary/aromatic N) is 2. The number of rotatable bonds is 5. The van der Waals surface area contributed by atoms with E-state index in [1.165, 1.54) is 6.20 Å². The van der Waals surface area contributed by atoms with Gasteiger partial charge in [0.1, 0.15) is 5.69 Å². The molecule has 0 spiro atoms. The Labute approximate surface area is 125 Å². The molecule has 0 bridgehead atoms. The average molecular weight is 296 g/mol. The quantitative estimate of drug-likeness (QED) is 0.676. The second kappa shape index (κ2) is 5.93. The van der Waals surface area contributed by atoms with Crippen LogP contribution in [0.1, 0.15) is 33.7 Å². The van der Waals surface area contributed by atoms with E-state index in [-0.39, 0.29) is 24.4 Å². The van der Waals surface area contributed by atoms with Gasteiger partial charge in [0.25, 0.3) is 0 Å². The first-order chi connectivity index (χ1) is 10.2. The van der Waals surface area contributed by atoms with Crippen molar-refractivity contribution in [2.75, 3.05) is 0 Å². The van der Waals surface area contributed by atoms with E-state index >= 15 is 0 Å². The summed E-state index contributed by atoms with van der Waals surface area (Å²) in [5, 5.41) is 10.5. The highest BCUT2D eigenvalue weighted by atomic mass is 32.1. The Hall–Kier alpha value is -2.40. The van der Waals surface area contributed by atoms with Gasteiger partial charge in [-0.1, -0.05) is 0 Å². The maximum atomic E-state index is 12.2. The summed E-state index contributed by atoms with van der Waals surface area (Å²) in [6, 6.07) is 10.9. The molecule has 0 aliphatic carbocycles. The lowest BCUT2D eigenvalue weighted by Gasteiger charge is -2.01. The maximum Gasteiger partial charge on any atom is 0.183 e. The van der Waals surface area contributed by atoms with Crippen LogP contribution in [0.25, 0.3) is 10.1 Å². The van der Waals surface area contributed by atoms with Crippen LogP contribution < -0.4 is 0 Å². The first-order valence-electron chi connectivity index (χ1n) is 6.55. The van der Waals surface area contributed by atoms with E-state index in [4.69, 9.17) is 0 Å². The lowest BCUT2D eigenvalue weighted by molar-refractivity contribution is 0.0914. The standard InChI is InChI=1S/C16H12N2O2S/c19-14(4-5-15(20)13-2-1-8-17-18-13)11-3-6-16-12(10-11)7-9-21-16/h1-3,6-10H,4-5H2. The Morgan fingerprint density at radius 1 is 1.05 bits per heavy atom. The largest absolute Gasteiger partial charge is 0.294 e. The zero-order valence-electron chi connectivity index (χ0n) is 11.2. The summed E-state index contributed by atoms with van der Waals surface area (Å²) >= 11 is 1.64. The van der Waals surface area contributed by atoms with E-state index in [9.17, 15) is 9.59 Å². The van der Waals surface area contributed by atoms with Gasteiger partial charge in [-0.3, -0.25) is 9.59 Å². The van der Waals surface area contributed by atoms with Crippen molar-refractivity contribution in [1.82, 2.24) is 10.2 Å². The van der Waals surface area contributed by atoms with E-state index < -0.39 is 0 Å². The highest BCUT2D eigenvalue weighted by Crippen LogP contribution is 2.22. The summed E-state index contributed by atoms with van der Waals surface area (Å²) in [6.07, 6.45) is 1.85. The molecule has 0 atom stereocenters. The molecule has 0 N–H and O–H groups in total. The van der Waals surface area contributed by atoms with Crippen LogP contribution in [0.3, 0.4) is 0 Å². The summed E-state index contributed by atoms with van der Waals surface area (Å²) in [4.78, 5) is 24.1. The lowest BCUT2D eigenvalue weighted by Crippen LogP contribution is -2.07. The minimum atomic E-state index is -0.159. The summed E-state index contributed by atoms with van der Waals surface area (Å²) in [5.74, 6) is -0.187. The molecule has 0 aliphatic heterocycles. The van der Waals surface area contributed by atoms with Crippen molar-refractivity contribution in [2.45, 2.75) is 12.8 Å². The van der Waals surface area contributed by atoms with Crippen LogP contribution in [0.2, 0.25) is 0 Å². The molecule has 0 amide bonds. The summed E-state index contributed by atoms with van der Waals surface area (Å²) in [5.41, 5.74) is 0.950. The van der Waals surface area contributed by atoms with Gasteiger partial charge < -0.3 is 0 Å². The van der Waals surface area contributed by atoms with Crippen molar-refractivity contribution in [3.05, 3.63) is 59.2 Å². The Kier molecular flexibility index (Phi) is 3.83. The van der Waals surface area contributed by atoms with Crippen LogP contribution in [-0.2, 0) is 0 Å². The molecule has 0 unspecified atom stereocenters. The van der Waals surface area contributed by atoms with Crippen molar-refractivity contribution in [2.24, 2.45) is 0 Å². The molecule has 0 radical (unpaired) electrons. The Bertz CT molecular complexity index is 796. The van der Waals surface area contributed by atoms with Crippen molar-refractivity contribution >= 4 is 33.0 Å². The highest BCUT2D eigenvalue weighted by molar-refractivity contribution is 7.17. The molecule has 3 rings (SSSR count). The van der Waals surface area contributed by atoms with Gasteiger partial charge in [0, 0.05) is 29.3 Å². The Morgan fingerprint density at radius 2 is 1.90 bits per heavy atom. The third-order valence-corrected chi connectivity index (χ3v) is 4.11. The van der Waals surface area contributed by atoms with Gasteiger partial charge in [-0.15, -0.1) is 16.4 Å². The number of hydrogen-bond donors (Lipinski definition) is 0. The predicted octanol–water partition coefficient (Wildman–Crippen LogP) is 3.54. The van der Waals surface area contributed by atoms with Gasteiger partial charge in [-0.25, -0.2) is 0 Å². The molecule has 0 saturated carbocycles. The van der Waals surface area contributed by atoms with Gasteiger partial charge in [-0.2, -0.15) is 5.10 Å². The fourth-order valence-corrected chi connectivity index (χ4v) is 2.86. The molecule has 0 aliphatic rings. The van der Waals surface area contributed by atoms with E-state index in [2.05, 4.69) is 10.2 Å². The molecular weight excluding hydrogens is 284 g/mol. The maximum absolute atomic E-state index is 12.2. The number of benzene rings is 1. The van der Waals surface area contributed by atoms with Crippen LogP contribution in [-0.4, -0.2) is 21.8 Å². The second-order valence-corrected chi connectivity index (χ2v) is 5.58. The SMILES string of the molecule is O=C(CCC(=O)c1cccnn1)c1ccc2sccc2c1. The first-order valence-corrected chi connectivity index (χ1v) is 7.43. The van der Waals surface area contributed by atoms with Crippen LogP contribution in [0, 0.1) is 0 Å². The topological polar surface area (TPSA) is 59.9 Å². The van der Waals surface area contributed by atoms with Crippen LogP contribution in [0.15, 0.2) is 48.0 Å². The molecule has 3 aromatic rings. The molecule has 5 heteroatoms. The number of hydrogen-bond acceptors (Lipinski definition) is 5. The zero-order valence-corrected chi connectivity index (χ0v) is 12.0. The van der Waals surface area contributed by atoms with Crippen LogP contribution >= 0.6 is 11.3 Å². The monoisotopic (exact) mass is 296 g/mol. The lowest BCUT2D eigenvalue weighted by atomic mass is 10.0. The fraction of sp³-hybridized carbons (Fsp3) is 0.125. The van der Waals surface area contributed by atoms with Crippen molar-refractivity contribution in [3.63, 3.8) is 0 Å². The number of carbonyl (C=O) groups excluding carboxylic acids is 2. The van der Waals surface area contributed by atoms with Crippen molar-refractivity contribution in [3.8, 4) is 0 Å². The van der Waals surface area contributed by atoms with Crippen LogP contribution in [0.4, 0.5) is 0 Å². The number of fused-ring (bicyclic) bond motifs is 1. The van der Waals surface area contributed by atoms with E-state index in [0.29, 0.717) is 11.3 Å². The normalized spacial score (nSPS) is 10.7. The fourth-order valence-electron chi connectivity index (χ4n) is 2.09. The van der Waals surface area contributed by atoms with Crippen LogP contribution in [0.5, 0.6) is 0 Å². The third kappa shape index (κ3) is 3.03.